The van der Waals surface area contributed by atoms with Crippen molar-refractivity contribution in [2.45, 2.75) is 58.4 Å². The maximum atomic E-state index is 12.3. The van der Waals surface area contributed by atoms with Crippen molar-refractivity contribution < 1.29 is 4.79 Å². The Morgan fingerprint density at radius 2 is 1.84 bits per heavy atom. The van der Waals surface area contributed by atoms with Crippen LogP contribution >= 0.6 is 0 Å². The first-order valence-corrected chi connectivity index (χ1v) is 8.97. The van der Waals surface area contributed by atoms with E-state index in [-0.39, 0.29) is 6.03 Å². The quantitative estimate of drug-likeness (QED) is 0.895. The van der Waals surface area contributed by atoms with E-state index in [1.807, 2.05) is 6.92 Å². The van der Waals surface area contributed by atoms with Gasteiger partial charge in [0.05, 0.1) is 5.69 Å². The van der Waals surface area contributed by atoms with Gasteiger partial charge in [-0.2, -0.15) is 4.68 Å². The normalized spacial score (nSPS) is 16.4. The Morgan fingerprint density at radius 3 is 2.48 bits per heavy atom. The van der Waals surface area contributed by atoms with Crippen molar-refractivity contribution in [3.05, 3.63) is 35.2 Å². The zero-order valence-corrected chi connectivity index (χ0v) is 15.2. The molecule has 1 heterocycles. The first kappa shape index (κ1) is 17.4. The third-order valence-electron chi connectivity index (χ3n) is 4.75. The molecule has 2 N–H and O–H groups in total. The molecule has 7 heteroatoms. The summed E-state index contributed by atoms with van der Waals surface area (Å²) in [4.78, 5) is 12.3. The molecular weight excluding hydrogens is 316 g/mol. The molecule has 2 amide bonds. The zero-order valence-electron chi connectivity index (χ0n) is 15.2. The summed E-state index contributed by atoms with van der Waals surface area (Å²) < 4.78 is 1.78. The maximum absolute atomic E-state index is 12.3. The van der Waals surface area contributed by atoms with Gasteiger partial charge in [0, 0.05) is 6.54 Å². The van der Waals surface area contributed by atoms with E-state index in [9.17, 15) is 4.79 Å². The van der Waals surface area contributed by atoms with Crippen molar-refractivity contribution in [2.24, 2.45) is 0 Å². The number of urea groups is 1. The van der Waals surface area contributed by atoms with Gasteiger partial charge in [0.1, 0.15) is 5.54 Å². The Bertz CT molecular complexity index is 728. The first-order valence-electron chi connectivity index (χ1n) is 8.97. The fourth-order valence-electron chi connectivity index (χ4n) is 3.71. The third-order valence-corrected chi connectivity index (χ3v) is 4.75. The van der Waals surface area contributed by atoms with Crippen molar-refractivity contribution in [1.29, 1.82) is 0 Å². The van der Waals surface area contributed by atoms with Crippen LogP contribution in [0.3, 0.4) is 0 Å². The summed E-state index contributed by atoms with van der Waals surface area (Å²) in [6, 6.07) is 6.08. The molecule has 1 aliphatic carbocycles. The molecular formula is C18H26N6O. The molecule has 2 aromatic rings. The fraction of sp³-hybridized carbons (Fsp3) is 0.556. The van der Waals surface area contributed by atoms with Crippen molar-refractivity contribution in [2.75, 3.05) is 6.54 Å². The molecule has 1 aromatic heterocycles. The van der Waals surface area contributed by atoms with Gasteiger partial charge in [0.15, 0.2) is 5.82 Å². The predicted molar refractivity (Wildman–Crippen MR) is 95.6 cm³/mol. The van der Waals surface area contributed by atoms with Crippen LogP contribution in [0.1, 0.15) is 56.0 Å². The van der Waals surface area contributed by atoms with Crippen molar-refractivity contribution in [1.82, 2.24) is 30.8 Å². The largest absolute Gasteiger partial charge is 0.338 e. The van der Waals surface area contributed by atoms with E-state index in [4.69, 9.17) is 0 Å². The Labute approximate surface area is 148 Å². The van der Waals surface area contributed by atoms with Gasteiger partial charge in [-0.05, 0) is 67.3 Å². The SMILES string of the molecule is CCNC(=O)NC1(c2nnnn2-c2cc(C)cc(C)c2)CCCCC1. The summed E-state index contributed by atoms with van der Waals surface area (Å²) in [6.07, 6.45) is 4.95. The number of rotatable bonds is 4. The second kappa shape index (κ2) is 7.21. The van der Waals surface area contributed by atoms with Crippen LogP contribution in [0.5, 0.6) is 0 Å². The van der Waals surface area contributed by atoms with Crippen LogP contribution in [0.25, 0.3) is 5.69 Å². The summed E-state index contributed by atoms with van der Waals surface area (Å²) in [6.45, 7) is 6.62. The van der Waals surface area contributed by atoms with E-state index < -0.39 is 5.54 Å². The Balaban J connectivity index is 2.03. The number of tetrazole rings is 1. The highest BCUT2D eigenvalue weighted by Crippen LogP contribution is 2.36. The molecule has 0 unspecified atom stereocenters. The molecule has 0 saturated heterocycles. The van der Waals surface area contributed by atoms with E-state index in [1.54, 1.807) is 4.68 Å². The standard InChI is InChI=1S/C18H26N6O/c1-4-19-17(25)20-18(8-6-5-7-9-18)16-21-22-23-24(16)15-11-13(2)10-14(3)12-15/h10-12H,4-9H2,1-3H3,(H2,19,20,25). The van der Waals surface area contributed by atoms with Crippen LogP contribution < -0.4 is 10.6 Å². The lowest BCUT2D eigenvalue weighted by atomic mass is 9.81. The molecule has 0 radical (unpaired) electrons. The molecule has 0 atom stereocenters. The number of benzene rings is 1. The van der Waals surface area contributed by atoms with Crippen molar-refractivity contribution in [3.8, 4) is 5.69 Å². The average Bonchev–Trinajstić information content (AvgIpc) is 3.05. The smallest absolute Gasteiger partial charge is 0.315 e. The number of aromatic nitrogens is 4. The molecule has 1 aliphatic rings. The summed E-state index contributed by atoms with van der Waals surface area (Å²) >= 11 is 0. The van der Waals surface area contributed by atoms with Crippen molar-refractivity contribution in [3.63, 3.8) is 0 Å². The number of hydrogen-bond donors (Lipinski definition) is 2. The van der Waals surface area contributed by atoms with Gasteiger partial charge in [0.2, 0.25) is 0 Å². The van der Waals surface area contributed by atoms with Gasteiger partial charge in [-0.25, -0.2) is 4.79 Å². The van der Waals surface area contributed by atoms with Crippen LogP contribution in [-0.4, -0.2) is 32.8 Å². The summed E-state index contributed by atoms with van der Waals surface area (Å²) in [5.41, 5.74) is 2.72. The maximum Gasteiger partial charge on any atom is 0.315 e. The van der Waals surface area contributed by atoms with Crippen LogP contribution in [0.4, 0.5) is 4.79 Å². The fourth-order valence-corrected chi connectivity index (χ4v) is 3.71. The van der Waals surface area contributed by atoms with Crippen LogP contribution in [0.15, 0.2) is 18.2 Å². The average molecular weight is 342 g/mol. The molecule has 7 nitrogen and oxygen atoms in total. The number of aryl methyl sites for hydroxylation is 2. The lowest BCUT2D eigenvalue weighted by molar-refractivity contribution is 0.195. The minimum Gasteiger partial charge on any atom is -0.338 e. The number of nitrogens with zero attached hydrogens (tertiary/aromatic N) is 4. The number of carbonyl (C=O) groups excluding carboxylic acids is 1. The Hall–Kier alpha value is -2.44. The highest BCUT2D eigenvalue weighted by Gasteiger charge is 2.40. The number of hydrogen-bond acceptors (Lipinski definition) is 4. The molecule has 3 rings (SSSR count). The number of amides is 2. The second-order valence-electron chi connectivity index (χ2n) is 6.89. The van der Waals surface area contributed by atoms with Crippen LogP contribution in [0.2, 0.25) is 0 Å². The predicted octanol–water partition coefficient (Wildman–Crippen LogP) is 2.76. The molecule has 1 saturated carbocycles. The van der Waals surface area contributed by atoms with Gasteiger partial charge in [0.25, 0.3) is 0 Å². The molecule has 0 spiro atoms. The molecule has 0 aliphatic heterocycles. The van der Waals surface area contributed by atoms with Gasteiger partial charge >= 0.3 is 6.03 Å². The van der Waals surface area contributed by atoms with Crippen LogP contribution in [-0.2, 0) is 5.54 Å². The van der Waals surface area contributed by atoms with Gasteiger partial charge in [-0.15, -0.1) is 5.10 Å². The zero-order chi connectivity index (χ0) is 17.9. The Kier molecular flexibility index (Phi) is 5.01. The highest BCUT2D eigenvalue weighted by atomic mass is 16.2. The van der Waals surface area contributed by atoms with E-state index in [0.717, 1.165) is 42.5 Å². The van der Waals surface area contributed by atoms with E-state index in [1.165, 1.54) is 6.42 Å². The molecule has 25 heavy (non-hydrogen) atoms. The second-order valence-corrected chi connectivity index (χ2v) is 6.89. The minimum atomic E-state index is -0.529. The monoisotopic (exact) mass is 342 g/mol. The lowest BCUT2D eigenvalue weighted by Gasteiger charge is -2.36. The topological polar surface area (TPSA) is 84.7 Å². The summed E-state index contributed by atoms with van der Waals surface area (Å²) in [5, 5.41) is 18.5. The first-order chi connectivity index (χ1) is 12.0. The molecule has 0 bridgehead atoms. The highest BCUT2D eigenvalue weighted by molar-refractivity contribution is 5.74. The van der Waals surface area contributed by atoms with E-state index in [2.05, 4.69) is 58.2 Å². The minimum absolute atomic E-state index is 0.167. The third kappa shape index (κ3) is 3.65. The van der Waals surface area contributed by atoms with Gasteiger partial charge < -0.3 is 10.6 Å². The van der Waals surface area contributed by atoms with E-state index in [0.29, 0.717) is 12.4 Å². The molecule has 1 fully saturated rings. The Morgan fingerprint density at radius 1 is 1.16 bits per heavy atom. The molecule has 1 aromatic carbocycles. The number of nitrogens with one attached hydrogen (secondary N) is 2. The summed E-state index contributed by atoms with van der Waals surface area (Å²) in [7, 11) is 0. The van der Waals surface area contributed by atoms with Crippen molar-refractivity contribution >= 4 is 6.03 Å². The lowest BCUT2D eigenvalue weighted by Crippen LogP contribution is -2.52. The van der Waals surface area contributed by atoms with Gasteiger partial charge in [-0.1, -0.05) is 25.3 Å². The van der Waals surface area contributed by atoms with E-state index >= 15 is 0 Å². The number of carbonyl (C=O) groups is 1. The van der Waals surface area contributed by atoms with Crippen LogP contribution in [0, 0.1) is 13.8 Å². The van der Waals surface area contributed by atoms with Gasteiger partial charge in [-0.3, -0.25) is 0 Å². The summed E-state index contributed by atoms with van der Waals surface area (Å²) in [5.74, 6) is 0.712. The molecule has 134 valence electrons.